The summed E-state index contributed by atoms with van der Waals surface area (Å²) < 4.78 is 11.4. The Bertz CT molecular complexity index is 758. The van der Waals surface area contributed by atoms with Gasteiger partial charge in [-0.2, -0.15) is 0 Å². The zero-order valence-electron chi connectivity index (χ0n) is 16.7. The Kier molecular flexibility index (Phi) is 7.31. The summed E-state index contributed by atoms with van der Waals surface area (Å²) >= 11 is 0. The molecule has 0 bridgehead atoms. The Balaban J connectivity index is 1.54. The molecule has 0 spiro atoms. The predicted molar refractivity (Wildman–Crippen MR) is 111 cm³/mol. The van der Waals surface area contributed by atoms with Crippen LogP contribution < -0.4 is 20.1 Å². The van der Waals surface area contributed by atoms with Crippen molar-refractivity contribution in [3.63, 3.8) is 0 Å². The first-order valence-electron chi connectivity index (χ1n) is 10.0. The van der Waals surface area contributed by atoms with Gasteiger partial charge >= 0.3 is 0 Å². The summed E-state index contributed by atoms with van der Waals surface area (Å²) in [4.78, 5) is 12.3. The lowest BCUT2D eigenvalue weighted by molar-refractivity contribution is -0.122. The molecule has 1 aliphatic heterocycles. The van der Waals surface area contributed by atoms with E-state index in [-0.39, 0.29) is 11.9 Å². The van der Waals surface area contributed by atoms with Crippen LogP contribution in [0.1, 0.15) is 43.4 Å². The second-order valence-corrected chi connectivity index (χ2v) is 7.37. The molecule has 0 saturated carbocycles. The van der Waals surface area contributed by atoms with Crippen molar-refractivity contribution in [1.29, 1.82) is 0 Å². The Morgan fingerprint density at radius 3 is 2.75 bits per heavy atom. The monoisotopic (exact) mass is 382 g/mol. The van der Waals surface area contributed by atoms with Gasteiger partial charge in [0.2, 0.25) is 5.91 Å². The van der Waals surface area contributed by atoms with Gasteiger partial charge in [-0.05, 0) is 62.0 Å². The summed E-state index contributed by atoms with van der Waals surface area (Å²) in [5.41, 5.74) is 2.10. The number of ether oxygens (including phenoxy) is 2. The molecule has 1 amide bonds. The molecule has 2 aromatic carbocycles. The predicted octanol–water partition coefficient (Wildman–Crippen LogP) is 3.84. The van der Waals surface area contributed by atoms with Crippen molar-refractivity contribution in [2.75, 3.05) is 20.2 Å². The second-order valence-electron chi connectivity index (χ2n) is 7.37. The maximum Gasteiger partial charge on any atom is 0.220 e. The Hall–Kier alpha value is -2.53. The van der Waals surface area contributed by atoms with E-state index in [1.54, 1.807) is 7.11 Å². The molecule has 1 saturated heterocycles. The molecular weight excluding hydrogens is 352 g/mol. The number of carbonyl (C=O) groups excluding carboxylic acids is 1. The average Bonchev–Trinajstić information content (AvgIpc) is 3.25. The molecule has 5 nitrogen and oxygen atoms in total. The fraction of sp³-hybridized carbons (Fsp3) is 0.435. The van der Waals surface area contributed by atoms with Crippen molar-refractivity contribution in [3.8, 4) is 11.5 Å². The fourth-order valence-corrected chi connectivity index (χ4v) is 3.50. The summed E-state index contributed by atoms with van der Waals surface area (Å²) in [6.07, 6.45) is 2.69. The molecule has 5 heteroatoms. The summed E-state index contributed by atoms with van der Waals surface area (Å²) in [6, 6.07) is 15.8. The Morgan fingerprint density at radius 1 is 1.21 bits per heavy atom. The van der Waals surface area contributed by atoms with Crippen LogP contribution in [0.2, 0.25) is 0 Å². The first kappa shape index (κ1) is 20.2. The van der Waals surface area contributed by atoms with Gasteiger partial charge in [0.05, 0.1) is 13.2 Å². The van der Waals surface area contributed by atoms with Crippen molar-refractivity contribution >= 4 is 5.91 Å². The van der Waals surface area contributed by atoms with Gasteiger partial charge in [-0.1, -0.05) is 36.4 Å². The molecule has 28 heavy (non-hydrogen) atoms. The van der Waals surface area contributed by atoms with E-state index < -0.39 is 0 Å². The summed E-state index contributed by atoms with van der Waals surface area (Å²) in [5, 5.41) is 6.44. The third-order valence-electron chi connectivity index (χ3n) is 5.24. The van der Waals surface area contributed by atoms with E-state index >= 15 is 0 Å². The van der Waals surface area contributed by atoms with E-state index in [1.807, 2.05) is 55.5 Å². The topological polar surface area (TPSA) is 59.6 Å². The number of benzene rings is 2. The van der Waals surface area contributed by atoms with Gasteiger partial charge in [0.25, 0.3) is 0 Å². The minimum absolute atomic E-state index is 0.0775. The van der Waals surface area contributed by atoms with Gasteiger partial charge in [0, 0.05) is 6.42 Å². The highest BCUT2D eigenvalue weighted by Crippen LogP contribution is 2.31. The van der Waals surface area contributed by atoms with Crippen LogP contribution in [0.25, 0.3) is 0 Å². The molecule has 2 unspecified atom stereocenters. The summed E-state index contributed by atoms with van der Waals surface area (Å²) in [6.45, 7) is 4.58. The molecule has 1 heterocycles. The standard InChI is InChI=1S/C23H30N2O3/c1-17(25-23(26)11-8-18-12-13-24-15-18)20-9-10-21(22(14-20)27-2)28-16-19-6-4-3-5-7-19/h3-7,9-10,14,17-18,24H,8,11-13,15-16H2,1-2H3,(H,25,26). The van der Waals surface area contributed by atoms with Crippen LogP contribution in [-0.2, 0) is 11.4 Å². The molecule has 2 N–H and O–H groups in total. The molecule has 1 fully saturated rings. The SMILES string of the molecule is COc1cc(C(C)NC(=O)CCC2CCNC2)ccc1OCc1ccccc1. The highest BCUT2D eigenvalue weighted by molar-refractivity contribution is 5.76. The molecule has 3 rings (SSSR count). The molecule has 2 aromatic rings. The highest BCUT2D eigenvalue weighted by atomic mass is 16.5. The maximum absolute atomic E-state index is 12.3. The lowest BCUT2D eigenvalue weighted by Gasteiger charge is -2.18. The van der Waals surface area contributed by atoms with E-state index in [0.29, 0.717) is 30.4 Å². The number of amides is 1. The maximum atomic E-state index is 12.3. The number of hydrogen-bond acceptors (Lipinski definition) is 4. The molecule has 1 aliphatic rings. The van der Waals surface area contributed by atoms with Crippen LogP contribution >= 0.6 is 0 Å². The zero-order valence-corrected chi connectivity index (χ0v) is 16.7. The van der Waals surface area contributed by atoms with Crippen LogP contribution in [0.5, 0.6) is 11.5 Å². The average molecular weight is 383 g/mol. The quantitative estimate of drug-likeness (QED) is 0.692. The van der Waals surface area contributed by atoms with Crippen LogP contribution in [-0.4, -0.2) is 26.1 Å². The van der Waals surface area contributed by atoms with Crippen molar-refractivity contribution < 1.29 is 14.3 Å². The molecular formula is C23H30N2O3. The van der Waals surface area contributed by atoms with Crippen LogP contribution in [0.15, 0.2) is 48.5 Å². The van der Waals surface area contributed by atoms with Gasteiger partial charge in [0.1, 0.15) is 6.61 Å². The van der Waals surface area contributed by atoms with Gasteiger partial charge in [-0.3, -0.25) is 4.79 Å². The van der Waals surface area contributed by atoms with E-state index in [1.165, 1.54) is 6.42 Å². The highest BCUT2D eigenvalue weighted by Gasteiger charge is 2.17. The van der Waals surface area contributed by atoms with Gasteiger partial charge < -0.3 is 20.1 Å². The largest absolute Gasteiger partial charge is 0.493 e. The lowest BCUT2D eigenvalue weighted by atomic mass is 10.0. The van der Waals surface area contributed by atoms with Gasteiger partial charge in [0.15, 0.2) is 11.5 Å². The van der Waals surface area contributed by atoms with E-state index in [9.17, 15) is 4.79 Å². The van der Waals surface area contributed by atoms with Crippen LogP contribution in [0, 0.1) is 5.92 Å². The van der Waals surface area contributed by atoms with E-state index in [2.05, 4.69) is 10.6 Å². The molecule has 0 radical (unpaired) electrons. The Labute approximate surface area is 167 Å². The number of methoxy groups -OCH3 is 1. The summed E-state index contributed by atoms with van der Waals surface area (Å²) in [7, 11) is 1.63. The number of rotatable bonds is 9. The molecule has 2 atom stereocenters. The molecule has 150 valence electrons. The second kappa shape index (κ2) is 10.1. The lowest BCUT2D eigenvalue weighted by Crippen LogP contribution is -2.27. The van der Waals surface area contributed by atoms with Crippen LogP contribution in [0.4, 0.5) is 0 Å². The molecule has 0 aliphatic carbocycles. The van der Waals surface area contributed by atoms with E-state index in [4.69, 9.17) is 9.47 Å². The Morgan fingerprint density at radius 2 is 2.04 bits per heavy atom. The van der Waals surface area contributed by atoms with Crippen molar-refractivity contribution in [2.24, 2.45) is 5.92 Å². The van der Waals surface area contributed by atoms with Crippen molar-refractivity contribution in [3.05, 3.63) is 59.7 Å². The van der Waals surface area contributed by atoms with Crippen molar-refractivity contribution in [1.82, 2.24) is 10.6 Å². The van der Waals surface area contributed by atoms with Gasteiger partial charge in [-0.15, -0.1) is 0 Å². The zero-order chi connectivity index (χ0) is 19.8. The molecule has 0 aromatic heterocycles. The smallest absolute Gasteiger partial charge is 0.220 e. The first-order valence-corrected chi connectivity index (χ1v) is 10.0. The minimum Gasteiger partial charge on any atom is -0.493 e. The van der Waals surface area contributed by atoms with Crippen LogP contribution in [0.3, 0.4) is 0 Å². The number of nitrogens with one attached hydrogen (secondary N) is 2. The first-order chi connectivity index (χ1) is 13.7. The van der Waals surface area contributed by atoms with Crippen molar-refractivity contribution in [2.45, 2.75) is 38.8 Å². The third-order valence-corrected chi connectivity index (χ3v) is 5.24. The van der Waals surface area contributed by atoms with E-state index in [0.717, 1.165) is 30.6 Å². The summed E-state index contributed by atoms with van der Waals surface area (Å²) in [5.74, 6) is 2.10. The normalized spacial score (nSPS) is 17.1. The van der Waals surface area contributed by atoms with Gasteiger partial charge in [-0.25, -0.2) is 0 Å². The number of hydrogen-bond donors (Lipinski definition) is 2. The third kappa shape index (κ3) is 5.73. The minimum atomic E-state index is -0.0775. The number of carbonyl (C=O) groups is 1. The fourth-order valence-electron chi connectivity index (χ4n) is 3.50.